The Morgan fingerprint density at radius 1 is 1.31 bits per heavy atom. The number of pyridine rings is 1. The van der Waals surface area contributed by atoms with Crippen molar-refractivity contribution >= 4 is 11.9 Å². The Labute approximate surface area is 152 Å². The average molecular weight is 354 g/mol. The first-order chi connectivity index (χ1) is 12.6. The number of aromatic nitrogens is 1. The van der Waals surface area contributed by atoms with Gasteiger partial charge in [0, 0.05) is 24.7 Å². The van der Waals surface area contributed by atoms with E-state index in [9.17, 15) is 9.59 Å². The quantitative estimate of drug-likeness (QED) is 0.773. The fraction of sp³-hybridized carbons (Fsp3) is 0.350. The highest BCUT2D eigenvalue weighted by Gasteiger charge is 2.26. The number of ether oxygens (including phenoxy) is 2. The second kappa shape index (κ2) is 8.47. The monoisotopic (exact) mass is 354 g/mol. The van der Waals surface area contributed by atoms with Crippen molar-refractivity contribution in [3.8, 4) is 11.6 Å². The molecule has 1 aromatic carbocycles. The van der Waals surface area contributed by atoms with Gasteiger partial charge in [-0.3, -0.25) is 9.59 Å². The number of para-hydroxylation sites is 1. The summed E-state index contributed by atoms with van der Waals surface area (Å²) in [6.07, 6.45) is 3.17. The highest BCUT2D eigenvalue weighted by Crippen LogP contribution is 2.25. The summed E-state index contributed by atoms with van der Waals surface area (Å²) in [4.78, 5) is 27.8. The van der Waals surface area contributed by atoms with Crippen molar-refractivity contribution in [2.24, 2.45) is 5.92 Å². The molecule has 0 unspecified atom stereocenters. The Morgan fingerprint density at radius 2 is 2.15 bits per heavy atom. The maximum absolute atomic E-state index is 12.1. The average Bonchev–Trinajstić information content (AvgIpc) is 3.06. The van der Waals surface area contributed by atoms with Gasteiger partial charge in [-0.25, -0.2) is 4.98 Å². The molecule has 1 atom stereocenters. The summed E-state index contributed by atoms with van der Waals surface area (Å²) >= 11 is 0. The largest absolute Gasteiger partial charge is 0.465 e. The predicted octanol–water partition coefficient (Wildman–Crippen LogP) is 3.14. The Kier molecular flexibility index (Phi) is 5.84. The van der Waals surface area contributed by atoms with E-state index in [0.29, 0.717) is 38.3 Å². The van der Waals surface area contributed by atoms with Crippen LogP contribution in [-0.2, 0) is 20.9 Å². The minimum Gasteiger partial charge on any atom is -0.465 e. The van der Waals surface area contributed by atoms with Crippen LogP contribution in [0.3, 0.4) is 0 Å². The van der Waals surface area contributed by atoms with Crippen molar-refractivity contribution in [3.63, 3.8) is 0 Å². The van der Waals surface area contributed by atoms with Gasteiger partial charge in [0.05, 0.1) is 12.5 Å². The molecule has 1 aliphatic heterocycles. The number of benzene rings is 1. The second-order valence-electron chi connectivity index (χ2n) is 6.30. The molecule has 1 N–H and O–H groups in total. The number of carbonyl (C=O) groups excluding carboxylic acids is 2. The predicted molar refractivity (Wildman–Crippen MR) is 95.6 cm³/mol. The van der Waals surface area contributed by atoms with E-state index in [1.807, 2.05) is 37.3 Å². The Bertz CT molecular complexity index is 791. The van der Waals surface area contributed by atoms with E-state index in [2.05, 4.69) is 10.3 Å². The standard InChI is InChI=1S/C20H22N2O4/c1-14-5-2-3-7-17(14)26-19-16(6-4-11-21-19)13-22-18(23)9-8-15-10-12-25-20(15)24/h2-7,11,15H,8-10,12-13H2,1H3,(H,22,23)/t15-/m0/s1. The van der Waals surface area contributed by atoms with Crippen molar-refractivity contribution in [1.29, 1.82) is 0 Å². The van der Waals surface area contributed by atoms with E-state index in [1.54, 1.807) is 12.3 Å². The molecule has 1 aromatic heterocycles. The minimum absolute atomic E-state index is 0.101. The molecule has 0 radical (unpaired) electrons. The third kappa shape index (κ3) is 4.59. The maximum Gasteiger partial charge on any atom is 0.309 e. The molecule has 1 amide bonds. The number of nitrogens with one attached hydrogen (secondary N) is 1. The van der Waals surface area contributed by atoms with Crippen LogP contribution in [0.1, 0.15) is 30.4 Å². The van der Waals surface area contributed by atoms with Crippen LogP contribution in [0.4, 0.5) is 0 Å². The van der Waals surface area contributed by atoms with E-state index in [4.69, 9.17) is 9.47 Å². The van der Waals surface area contributed by atoms with Crippen molar-refractivity contribution in [1.82, 2.24) is 10.3 Å². The van der Waals surface area contributed by atoms with Gasteiger partial charge < -0.3 is 14.8 Å². The number of hydrogen-bond acceptors (Lipinski definition) is 5. The third-order valence-electron chi connectivity index (χ3n) is 4.39. The molecule has 0 spiro atoms. The number of carbonyl (C=O) groups is 2. The summed E-state index contributed by atoms with van der Waals surface area (Å²) in [5.41, 5.74) is 1.81. The van der Waals surface area contributed by atoms with Crippen LogP contribution >= 0.6 is 0 Å². The number of aryl methyl sites for hydroxylation is 1. The van der Waals surface area contributed by atoms with E-state index < -0.39 is 0 Å². The molecule has 0 saturated carbocycles. The first kappa shape index (κ1) is 17.9. The summed E-state index contributed by atoms with van der Waals surface area (Å²) in [5, 5.41) is 2.87. The van der Waals surface area contributed by atoms with Crippen molar-refractivity contribution in [2.75, 3.05) is 6.61 Å². The van der Waals surface area contributed by atoms with Crippen LogP contribution in [-0.4, -0.2) is 23.5 Å². The van der Waals surface area contributed by atoms with Crippen LogP contribution in [0.2, 0.25) is 0 Å². The fourth-order valence-corrected chi connectivity index (χ4v) is 2.81. The second-order valence-corrected chi connectivity index (χ2v) is 6.30. The van der Waals surface area contributed by atoms with Gasteiger partial charge in [-0.15, -0.1) is 0 Å². The molecule has 3 rings (SSSR count). The number of cyclic esters (lactones) is 1. The normalized spacial score (nSPS) is 16.2. The van der Waals surface area contributed by atoms with E-state index in [1.165, 1.54) is 0 Å². The molecule has 1 saturated heterocycles. The lowest BCUT2D eigenvalue weighted by Gasteiger charge is -2.12. The van der Waals surface area contributed by atoms with Crippen LogP contribution in [0.25, 0.3) is 0 Å². The van der Waals surface area contributed by atoms with Gasteiger partial charge in [-0.2, -0.15) is 0 Å². The van der Waals surface area contributed by atoms with Crippen LogP contribution in [0, 0.1) is 12.8 Å². The molecule has 26 heavy (non-hydrogen) atoms. The molecule has 2 heterocycles. The van der Waals surface area contributed by atoms with Crippen molar-refractivity contribution < 1.29 is 19.1 Å². The molecule has 6 nitrogen and oxygen atoms in total. The van der Waals surface area contributed by atoms with E-state index in [0.717, 1.165) is 16.9 Å². The number of hydrogen-bond donors (Lipinski definition) is 1. The highest BCUT2D eigenvalue weighted by atomic mass is 16.5. The Hall–Kier alpha value is -2.89. The third-order valence-corrected chi connectivity index (χ3v) is 4.39. The molecule has 6 heteroatoms. The van der Waals surface area contributed by atoms with Crippen LogP contribution in [0.5, 0.6) is 11.6 Å². The first-order valence-electron chi connectivity index (χ1n) is 8.74. The van der Waals surface area contributed by atoms with Gasteiger partial charge in [-0.05, 0) is 37.5 Å². The van der Waals surface area contributed by atoms with Gasteiger partial charge in [0.15, 0.2) is 0 Å². The van der Waals surface area contributed by atoms with Crippen molar-refractivity contribution in [2.45, 2.75) is 32.7 Å². The smallest absolute Gasteiger partial charge is 0.309 e. The topological polar surface area (TPSA) is 77.5 Å². The van der Waals surface area contributed by atoms with Gasteiger partial charge in [0.25, 0.3) is 0 Å². The molecular formula is C20H22N2O4. The summed E-state index contributed by atoms with van der Waals surface area (Å²) in [6, 6.07) is 11.4. The number of nitrogens with zero attached hydrogens (tertiary/aromatic N) is 1. The summed E-state index contributed by atoms with van der Waals surface area (Å²) in [7, 11) is 0. The first-order valence-corrected chi connectivity index (χ1v) is 8.74. The maximum atomic E-state index is 12.1. The number of esters is 1. The molecular weight excluding hydrogens is 332 g/mol. The molecule has 1 fully saturated rings. The lowest BCUT2D eigenvalue weighted by atomic mass is 10.0. The van der Waals surface area contributed by atoms with E-state index >= 15 is 0 Å². The number of rotatable bonds is 7. The molecule has 136 valence electrons. The fourth-order valence-electron chi connectivity index (χ4n) is 2.81. The molecule has 2 aromatic rings. The highest BCUT2D eigenvalue weighted by molar-refractivity contribution is 5.78. The summed E-state index contributed by atoms with van der Waals surface area (Å²) in [5.74, 6) is 0.758. The minimum atomic E-state index is -0.195. The zero-order chi connectivity index (χ0) is 18.4. The van der Waals surface area contributed by atoms with Gasteiger partial charge in [0.1, 0.15) is 5.75 Å². The lowest BCUT2D eigenvalue weighted by Crippen LogP contribution is -2.24. The van der Waals surface area contributed by atoms with Crippen LogP contribution in [0.15, 0.2) is 42.6 Å². The number of amides is 1. The Morgan fingerprint density at radius 3 is 2.92 bits per heavy atom. The summed E-state index contributed by atoms with van der Waals surface area (Å²) < 4.78 is 10.8. The molecule has 0 aliphatic carbocycles. The van der Waals surface area contributed by atoms with Gasteiger partial charge >= 0.3 is 5.97 Å². The molecule has 0 bridgehead atoms. The lowest BCUT2D eigenvalue weighted by molar-refractivity contribution is -0.141. The van der Waals surface area contributed by atoms with E-state index in [-0.39, 0.29) is 17.8 Å². The SMILES string of the molecule is Cc1ccccc1Oc1ncccc1CNC(=O)CC[C@H]1CCOC1=O. The van der Waals surface area contributed by atoms with Crippen molar-refractivity contribution in [3.05, 3.63) is 53.7 Å². The van der Waals surface area contributed by atoms with Gasteiger partial charge in [0.2, 0.25) is 11.8 Å². The summed E-state index contributed by atoms with van der Waals surface area (Å²) in [6.45, 7) is 2.75. The zero-order valence-corrected chi connectivity index (χ0v) is 14.7. The van der Waals surface area contributed by atoms with Crippen LogP contribution < -0.4 is 10.1 Å². The zero-order valence-electron chi connectivity index (χ0n) is 14.7. The van der Waals surface area contributed by atoms with Gasteiger partial charge in [-0.1, -0.05) is 24.3 Å². The Balaban J connectivity index is 1.55. The molecule has 1 aliphatic rings.